The number of nitrogens with zero attached hydrogens (tertiary/aromatic N) is 2. The predicted octanol–water partition coefficient (Wildman–Crippen LogP) is 4.49. The van der Waals surface area contributed by atoms with Crippen LogP contribution in [0.3, 0.4) is 0 Å². The Morgan fingerprint density at radius 1 is 1.26 bits per heavy atom. The highest BCUT2D eigenvalue weighted by atomic mass is 32.1. The molecular weight excluding hydrogens is 361 g/mol. The summed E-state index contributed by atoms with van der Waals surface area (Å²) in [6, 6.07) is 8.69. The first-order chi connectivity index (χ1) is 13.1. The molecular formula is C21H24FN3OS. The van der Waals surface area contributed by atoms with Crippen molar-refractivity contribution in [3.63, 3.8) is 0 Å². The molecule has 0 saturated carbocycles. The summed E-state index contributed by atoms with van der Waals surface area (Å²) in [5.41, 5.74) is 2.81. The Kier molecular flexibility index (Phi) is 6.59. The largest absolute Gasteiger partial charge is 0.317 e. The number of fused-ring (bicyclic) bond motifs is 1. The quantitative estimate of drug-likeness (QED) is 0.746. The number of rotatable bonds is 6. The normalized spacial score (nSPS) is 13.7. The second kappa shape index (κ2) is 9.12. The van der Waals surface area contributed by atoms with E-state index in [0.29, 0.717) is 30.1 Å². The Bertz CT molecular complexity index is 838. The highest BCUT2D eigenvalue weighted by Crippen LogP contribution is 2.37. The van der Waals surface area contributed by atoms with Crippen molar-refractivity contribution in [3.05, 3.63) is 51.7 Å². The number of nitriles is 1. The molecule has 0 radical (unpaired) electrons. The van der Waals surface area contributed by atoms with Gasteiger partial charge in [0.1, 0.15) is 16.9 Å². The van der Waals surface area contributed by atoms with Crippen molar-refractivity contribution in [1.29, 1.82) is 5.26 Å². The van der Waals surface area contributed by atoms with Crippen LogP contribution in [-0.4, -0.2) is 24.4 Å². The number of hydrogen-bond acceptors (Lipinski definition) is 4. The molecule has 1 aliphatic rings. The molecule has 1 N–H and O–H groups in total. The van der Waals surface area contributed by atoms with Gasteiger partial charge < -0.3 is 10.2 Å². The zero-order valence-corrected chi connectivity index (χ0v) is 16.4. The van der Waals surface area contributed by atoms with Crippen molar-refractivity contribution in [2.75, 3.05) is 18.9 Å². The molecule has 142 valence electrons. The smallest absolute Gasteiger partial charge is 0.226 e. The van der Waals surface area contributed by atoms with Crippen LogP contribution in [-0.2, 0) is 24.2 Å². The zero-order valence-electron chi connectivity index (χ0n) is 15.6. The fourth-order valence-electron chi connectivity index (χ4n) is 3.41. The summed E-state index contributed by atoms with van der Waals surface area (Å²) in [5, 5.41) is 13.2. The van der Waals surface area contributed by atoms with Gasteiger partial charge in [-0.05, 0) is 56.0 Å². The van der Waals surface area contributed by atoms with Crippen LogP contribution in [0.1, 0.15) is 47.3 Å². The van der Waals surface area contributed by atoms with Gasteiger partial charge in [0.15, 0.2) is 0 Å². The molecule has 0 atom stereocenters. The van der Waals surface area contributed by atoms with E-state index in [1.54, 1.807) is 23.5 Å². The molecule has 2 aromatic rings. The predicted molar refractivity (Wildman–Crippen MR) is 106 cm³/mol. The van der Waals surface area contributed by atoms with Crippen LogP contribution < -0.4 is 5.32 Å². The molecule has 6 heteroatoms. The molecule has 0 aliphatic heterocycles. The number of halogens is 1. The first-order valence-electron chi connectivity index (χ1n) is 9.34. The van der Waals surface area contributed by atoms with E-state index in [1.165, 1.54) is 23.4 Å². The van der Waals surface area contributed by atoms with Crippen molar-refractivity contribution in [2.24, 2.45) is 0 Å². The van der Waals surface area contributed by atoms with E-state index in [0.717, 1.165) is 36.8 Å². The molecule has 1 aliphatic carbocycles. The lowest BCUT2D eigenvalue weighted by molar-refractivity contribution is -0.116. The van der Waals surface area contributed by atoms with Crippen molar-refractivity contribution in [3.8, 4) is 6.07 Å². The Morgan fingerprint density at radius 3 is 2.74 bits per heavy atom. The van der Waals surface area contributed by atoms with E-state index in [2.05, 4.69) is 11.4 Å². The van der Waals surface area contributed by atoms with Crippen LogP contribution >= 0.6 is 11.3 Å². The van der Waals surface area contributed by atoms with Gasteiger partial charge in [0.05, 0.1) is 5.56 Å². The van der Waals surface area contributed by atoms with Gasteiger partial charge in [-0.3, -0.25) is 4.79 Å². The lowest BCUT2D eigenvalue weighted by Gasteiger charge is -2.16. The van der Waals surface area contributed by atoms with Crippen molar-refractivity contribution in [2.45, 2.75) is 45.1 Å². The van der Waals surface area contributed by atoms with Gasteiger partial charge in [-0.15, -0.1) is 11.3 Å². The minimum Gasteiger partial charge on any atom is -0.317 e. The maximum atomic E-state index is 13.0. The van der Waals surface area contributed by atoms with E-state index in [9.17, 15) is 14.4 Å². The molecule has 0 spiro atoms. The van der Waals surface area contributed by atoms with Gasteiger partial charge in [-0.2, -0.15) is 5.26 Å². The minimum absolute atomic E-state index is 0.0751. The third kappa shape index (κ3) is 5.15. The van der Waals surface area contributed by atoms with Crippen molar-refractivity contribution < 1.29 is 9.18 Å². The van der Waals surface area contributed by atoms with Crippen LogP contribution in [0.2, 0.25) is 0 Å². The number of anilines is 1. The van der Waals surface area contributed by atoms with E-state index >= 15 is 0 Å². The molecule has 3 rings (SSSR count). The fourth-order valence-corrected chi connectivity index (χ4v) is 4.67. The van der Waals surface area contributed by atoms with E-state index in [-0.39, 0.29) is 11.7 Å². The molecule has 0 fully saturated rings. The van der Waals surface area contributed by atoms with Gasteiger partial charge in [0, 0.05) is 24.4 Å². The summed E-state index contributed by atoms with van der Waals surface area (Å²) in [7, 11) is 1.94. The van der Waals surface area contributed by atoms with Gasteiger partial charge in [0.2, 0.25) is 5.91 Å². The van der Waals surface area contributed by atoms with E-state index in [4.69, 9.17) is 0 Å². The van der Waals surface area contributed by atoms with Crippen LogP contribution in [0.15, 0.2) is 24.3 Å². The van der Waals surface area contributed by atoms with Crippen LogP contribution in [0, 0.1) is 17.1 Å². The standard InChI is InChI=1S/C21H24FN3OS/c1-25(14-15-7-9-16(22)10-8-15)12-11-20(26)24-21-18(13-23)17-5-3-2-4-6-19(17)27-21/h7-10H,2-6,11-12,14H2,1H3,(H,24,26). The molecule has 1 heterocycles. The molecule has 4 nitrogen and oxygen atoms in total. The Labute approximate surface area is 163 Å². The Hall–Kier alpha value is -2.23. The summed E-state index contributed by atoms with van der Waals surface area (Å²) in [4.78, 5) is 15.7. The average Bonchev–Trinajstić information content (AvgIpc) is 2.81. The topological polar surface area (TPSA) is 56.1 Å². The first kappa shape index (κ1) is 19.5. The van der Waals surface area contributed by atoms with Crippen LogP contribution in [0.4, 0.5) is 9.39 Å². The van der Waals surface area contributed by atoms with Gasteiger partial charge >= 0.3 is 0 Å². The van der Waals surface area contributed by atoms with E-state index < -0.39 is 0 Å². The second-order valence-electron chi connectivity index (χ2n) is 7.04. The Balaban J connectivity index is 1.55. The summed E-state index contributed by atoms with van der Waals surface area (Å²) < 4.78 is 13.0. The second-order valence-corrected chi connectivity index (χ2v) is 8.15. The lowest BCUT2D eigenvalue weighted by atomic mass is 10.1. The molecule has 0 saturated heterocycles. The maximum absolute atomic E-state index is 13.0. The summed E-state index contributed by atoms with van der Waals surface area (Å²) in [6.07, 6.45) is 5.76. The Morgan fingerprint density at radius 2 is 2.00 bits per heavy atom. The van der Waals surface area contributed by atoms with Crippen molar-refractivity contribution in [1.82, 2.24) is 4.90 Å². The zero-order chi connectivity index (χ0) is 19.2. The maximum Gasteiger partial charge on any atom is 0.226 e. The number of benzene rings is 1. The SMILES string of the molecule is CN(CCC(=O)Nc1sc2c(c1C#N)CCCCC2)Cc1ccc(F)cc1. The monoisotopic (exact) mass is 385 g/mol. The average molecular weight is 386 g/mol. The lowest BCUT2D eigenvalue weighted by Crippen LogP contribution is -2.24. The highest BCUT2D eigenvalue weighted by molar-refractivity contribution is 7.16. The molecule has 0 bridgehead atoms. The molecule has 1 amide bonds. The van der Waals surface area contributed by atoms with Crippen molar-refractivity contribution >= 4 is 22.2 Å². The molecule has 1 aromatic carbocycles. The number of hydrogen-bond donors (Lipinski definition) is 1. The number of amides is 1. The highest BCUT2D eigenvalue weighted by Gasteiger charge is 2.21. The van der Waals surface area contributed by atoms with E-state index in [1.807, 2.05) is 11.9 Å². The third-order valence-electron chi connectivity index (χ3n) is 4.87. The van der Waals surface area contributed by atoms with Crippen LogP contribution in [0.25, 0.3) is 0 Å². The number of aryl methyl sites for hydroxylation is 1. The summed E-state index contributed by atoms with van der Waals surface area (Å²) in [5.74, 6) is -0.322. The third-order valence-corrected chi connectivity index (χ3v) is 6.08. The molecule has 1 aromatic heterocycles. The number of carbonyl (C=O) groups is 1. The van der Waals surface area contributed by atoms with Gasteiger partial charge in [-0.25, -0.2) is 4.39 Å². The molecule has 27 heavy (non-hydrogen) atoms. The number of nitrogens with one attached hydrogen (secondary N) is 1. The summed E-state index contributed by atoms with van der Waals surface area (Å²) >= 11 is 1.56. The van der Waals surface area contributed by atoms with Gasteiger partial charge in [-0.1, -0.05) is 18.6 Å². The number of carbonyl (C=O) groups excluding carboxylic acids is 1. The fraction of sp³-hybridized carbons (Fsp3) is 0.429. The molecule has 0 unspecified atom stereocenters. The van der Waals surface area contributed by atoms with Crippen LogP contribution in [0.5, 0.6) is 0 Å². The summed E-state index contributed by atoms with van der Waals surface area (Å²) in [6.45, 7) is 1.25. The number of thiophene rings is 1. The van der Waals surface area contributed by atoms with Gasteiger partial charge in [0.25, 0.3) is 0 Å². The minimum atomic E-state index is -0.247. The first-order valence-corrected chi connectivity index (χ1v) is 10.2.